The molecule has 0 bridgehead atoms. The van der Waals surface area contributed by atoms with Crippen LogP contribution in [0.5, 0.6) is 0 Å². The van der Waals surface area contributed by atoms with E-state index < -0.39 is 0 Å². The molecular formula is C12H15N3S. The Hall–Kier alpha value is -1.26. The fourth-order valence-electron chi connectivity index (χ4n) is 1.49. The van der Waals surface area contributed by atoms with Gasteiger partial charge in [-0.2, -0.15) is 0 Å². The van der Waals surface area contributed by atoms with E-state index in [2.05, 4.69) is 35.2 Å². The predicted octanol–water partition coefficient (Wildman–Crippen LogP) is 2.70. The number of hydrogen-bond acceptors (Lipinski definition) is 4. The summed E-state index contributed by atoms with van der Waals surface area (Å²) in [6, 6.07) is 4.38. The summed E-state index contributed by atoms with van der Waals surface area (Å²) in [6.07, 6.45) is 3.75. The summed E-state index contributed by atoms with van der Waals surface area (Å²) in [5, 5.41) is 3.45. The van der Waals surface area contributed by atoms with Gasteiger partial charge in [-0.15, -0.1) is 11.3 Å². The highest BCUT2D eigenvalue weighted by molar-refractivity contribution is 7.09. The fourth-order valence-corrected chi connectivity index (χ4v) is 2.15. The Balaban J connectivity index is 1.95. The monoisotopic (exact) mass is 233 g/mol. The lowest BCUT2D eigenvalue weighted by atomic mass is 10.2. The number of nitrogens with one attached hydrogen (secondary N) is 1. The zero-order valence-corrected chi connectivity index (χ0v) is 10.3. The highest BCUT2D eigenvalue weighted by atomic mass is 32.1. The minimum atomic E-state index is 0.328. The first-order valence-corrected chi connectivity index (χ1v) is 6.17. The first-order valence-electron chi connectivity index (χ1n) is 5.29. The molecule has 2 rings (SSSR count). The summed E-state index contributed by atoms with van der Waals surface area (Å²) in [6.45, 7) is 5.03. The predicted molar refractivity (Wildman–Crippen MR) is 66.3 cm³/mol. The maximum absolute atomic E-state index is 4.36. The van der Waals surface area contributed by atoms with Crippen molar-refractivity contribution in [2.75, 3.05) is 0 Å². The van der Waals surface area contributed by atoms with Gasteiger partial charge in [0, 0.05) is 29.9 Å². The molecule has 0 aliphatic carbocycles. The van der Waals surface area contributed by atoms with Gasteiger partial charge in [-0.1, -0.05) is 6.07 Å². The number of aryl methyl sites for hydroxylation is 1. The van der Waals surface area contributed by atoms with Crippen LogP contribution in [0.15, 0.2) is 30.0 Å². The van der Waals surface area contributed by atoms with Crippen LogP contribution in [0, 0.1) is 6.92 Å². The lowest BCUT2D eigenvalue weighted by Gasteiger charge is -2.12. The van der Waals surface area contributed by atoms with Gasteiger partial charge in [0.2, 0.25) is 0 Å². The number of pyridine rings is 1. The zero-order chi connectivity index (χ0) is 11.4. The van der Waals surface area contributed by atoms with Crippen LogP contribution in [0.3, 0.4) is 0 Å². The second-order valence-electron chi connectivity index (χ2n) is 3.77. The summed E-state index contributed by atoms with van der Waals surface area (Å²) in [7, 11) is 0. The molecule has 84 valence electrons. The van der Waals surface area contributed by atoms with Crippen molar-refractivity contribution >= 4 is 11.3 Å². The van der Waals surface area contributed by atoms with Gasteiger partial charge in [-0.05, 0) is 25.5 Å². The van der Waals surface area contributed by atoms with E-state index >= 15 is 0 Å². The Kier molecular flexibility index (Phi) is 3.64. The molecule has 0 aliphatic heterocycles. The molecule has 1 atom stereocenters. The van der Waals surface area contributed by atoms with E-state index in [0.717, 1.165) is 12.2 Å². The molecule has 16 heavy (non-hydrogen) atoms. The third kappa shape index (κ3) is 2.65. The highest BCUT2D eigenvalue weighted by Crippen LogP contribution is 2.16. The van der Waals surface area contributed by atoms with Crippen molar-refractivity contribution in [3.05, 3.63) is 46.2 Å². The standard InChI is InChI=1S/C12H15N3S/c1-9-4-3-5-14-11(9)6-15-10(2)12-7-13-8-16-12/h3-5,7-8,10,15H,6H2,1-2H3. The van der Waals surface area contributed by atoms with Gasteiger partial charge in [-0.25, -0.2) is 0 Å². The zero-order valence-electron chi connectivity index (χ0n) is 9.47. The molecule has 2 aromatic heterocycles. The second kappa shape index (κ2) is 5.18. The topological polar surface area (TPSA) is 37.8 Å². The number of nitrogens with zero attached hydrogens (tertiary/aromatic N) is 2. The van der Waals surface area contributed by atoms with E-state index in [9.17, 15) is 0 Å². The number of rotatable bonds is 4. The summed E-state index contributed by atoms with van der Waals surface area (Å²) < 4.78 is 0. The maximum Gasteiger partial charge on any atom is 0.0794 e. The first kappa shape index (κ1) is 11.2. The third-order valence-electron chi connectivity index (χ3n) is 2.57. The minimum Gasteiger partial charge on any atom is -0.304 e. The molecular weight excluding hydrogens is 218 g/mol. The van der Waals surface area contributed by atoms with Crippen LogP contribution in [0.25, 0.3) is 0 Å². The Labute approximate surface area is 99.6 Å². The van der Waals surface area contributed by atoms with Crippen molar-refractivity contribution in [3.63, 3.8) is 0 Å². The average molecular weight is 233 g/mol. The van der Waals surface area contributed by atoms with Crippen molar-refractivity contribution in [3.8, 4) is 0 Å². The van der Waals surface area contributed by atoms with E-state index in [1.807, 2.05) is 24.0 Å². The Morgan fingerprint density at radius 1 is 1.50 bits per heavy atom. The van der Waals surface area contributed by atoms with E-state index in [1.165, 1.54) is 10.4 Å². The molecule has 1 N–H and O–H groups in total. The smallest absolute Gasteiger partial charge is 0.0794 e. The van der Waals surface area contributed by atoms with Crippen LogP contribution in [0.2, 0.25) is 0 Å². The Morgan fingerprint density at radius 2 is 2.38 bits per heavy atom. The quantitative estimate of drug-likeness (QED) is 0.882. The molecule has 0 saturated heterocycles. The van der Waals surface area contributed by atoms with E-state index in [4.69, 9.17) is 0 Å². The molecule has 4 heteroatoms. The van der Waals surface area contributed by atoms with Crippen molar-refractivity contribution in [1.29, 1.82) is 0 Å². The normalized spacial score (nSPS) is 12.6. The molecule has 0 aliphatic rings. The molecule has 0 spiro atoms. The Bertz CT molecular complexity index is 439. The molecule has 2 heterocycles. The Morgan fingerprint density at radius 3 is 3.06 bits per heavy atom. The maximum atomic E-state index is 4.36. The second-order valence-corrected chi connectivity index (χ2v) is 4.69. The van der Waals surface area contributed by atoms with Crippen molar-refractivity contribution in [1.82, 2.24) is 15.3 Å². The molecule has 0 radical (unpaired) electrons. The van der Waals surface area contributed by atoms with Gasteiger partial charge in [0.25, 0.3) is 0 Å². The lowest BCUT2D eigenvalue weighted by molar-refractivity contribution is 0.573. The van der Waals surface area contributed by atoms with Crippen LogP contribution >= 0.6 is 11.3 Å². The summed E-state index contributed by atoms with van der Waals surface area (Å²) >= 11 is 1.68. The molecule has 0 aromatic carbocycles. The first-order chi connectivity index (χ1) is 7.77. The van der Waals surface area contributed by atoms with E-state index in [0.29, 0.717) is 6.04 Å². The molecule has 3 nitrogen and oxygen atoms in total. The SMILES string of the molecule is Cc1cccnc1CNC(C)c1cncs1. The van der Waals surface area contributed by atoms with Gasteiger partial charge in [0.05, 0.1) is 11.2 Å². The molecule has 0 amide bonds. The van der Waals surface area contributed by atoms with Gasteiger partial charge in [0.15, 0.2) is 0 Å². The van der Waals surface area contributed by atoms with E-state index in [-0.39, 0.29) is 0 Å². The third-order valence-corrected chi connectivity index (χ3v) is 3.53. The van der Waals surface area contributed by atoms with Gasteiger partial charge < -0.3 is 5.32 Å². The number of aromatic nitrogens is 2. The molecule has 1 unspecified atom stereocenters. The lowest BCUT2D eigenvalue weighted by Crippen LogP contribution is -2.18. The van der Waals surface area contributed by atoms with E-state index in [1.54, 1.807) is 11.3 Å². The van der Waals surface area contributed by atoms with Crippen LogP contribution in [-0.2, 0) is 6.54 Å². The van der Waals surface area contributed by atoms with Gasteiger partial charge in [-0.3, -0.25) is 9.97 Å². The van der Waals surface area contributed by atoms with Gasteiger partial charge in [0.1, 0.15) is 0 Å². The number of thiazole rings is 1. The van der Waals surface area contributed by atoms with Gasteiger partial charge >= 0.3 is 0 Å². The summed E-state index contributed by atoms with van der Waals surface area (Å²) in [5.74, 6) is 0. The van der Waals surface area contributed by atoms with Crippen molar-refractivity contribution in [2.24, 2.45) is 0 Å². The number of hydrogen-bond donors (Lipinski definition) is 1. The van der Waals surface area contributed by atoms with Crippen molar-refractivity contribution in [2.45, 2.75) is 26.4 Å². The molecule has 0 saturated carbocycles. The fraction of sp³-hybridized carbons (Fsp3) is 0.333. The minimum absolute atomic E-state index is 0.328. The highest BCUT2D eigenvalue weighted by Gasteiger charge is 2.07. The average Bonchev–Trinajstić information content (AvgIpc) is 2.81. The molecule has 2 aromatic rings. The summed E-state index contributed by atoms with van der Waals surface area (Å²) in [4.78, 5) is 9.69. The van der Waals surface area contributed by atoms with Crippen LogP contribution < -0.4 is 5.32 Å². The van der Waals surface area contributed by atoms with Crippen LogP contribution in [-0.4, -0.2) is 9.97 Å². The van der Waals surface area contributed by atoms with Crippen LogP contribution in [0.1, 0.15) is 29.1 Å². The van der Waals surface area contributed by atoms with Crippen molar-refractivity contribution < 1.29 is 0 Å². The largest absolute Gasteiger partial charge is 0.304 e. The van der Waals surface area contributed by atoms with Crippen LogP contribution in [0.4, 0.5) is 0 Å². The summed E-state index contributed by atoms with van der Waals surface area (Å²) in [5.41, 5.74) is 4.20. The molecule has 0 fully saturated rings.